The second-order valence-electron chi connectivity index (χ2n) is 5.49. The number of sulfonamides is 1. The Hall–Kier alpha value is -2.65. The van der Waals surface area contributed by atoms with E-state index in [9.17, 15) is 13.2 Å². The third kappa shape index (κ3) is 4.50. The summed E-state index contributed by atoms with van der Waals surface area (Å²) in [6.07, 6.45) is 1.07. The third-order valence-corrected chi connectivity index (χ3v) is 4.97. The van der Waals surface area contributed by atoms with E-state index in [-0.39, 0.29) is 11.0 Å². The Morgan fingerprint density at radius 3 is 2.58 bits per heavy atom. The predicted molar refractivity (Wildman–Crippen MR) is 104 cm³/mol. The largest absolute Gasteiger partial charge is 0.494 e. The zero-order valence-electron chi connectivity index (χ0n) is 14.1. The maximum absolute atomic E-state index is 12.4. The van der Waals surface area contributed by atoms with Crippen molar-refractivity contribution in [2.24, 2.45) is 0 Å². The van der Waals surface area contributed by atoms with Gasteiger partial charge in [-0.25, -0.2) is 13.4 Å². The van der Waals surface area contributed by atoms with Crippen LogP contribution in [0.5, 0.6) is 5.75 Å². The number of carbonyl (C=O) groups excluding carboxylic acids is 1. The molecule has 0 aliphatic heterocycles. The van der Waals surface area contributed by atoms with Crippen LogP contribution >= 0.6 is 11.3 Å². The van der Waals surface area contributed by atoms with Crippen LogP contribution in [-0.2, 0) is 10.0 Å². The zero-order valence-corrected chi connectivity index (χ0v) is 15.8. The van der Waals surface area contributed by atoms with E-state index in [2.05, 4.69) is 15.0 Å². The summed E-state index contributed by atoms with van der Waals surface area (Å²) in [6.45, 7) is 2.46. The molecule has 1 amide bonds. The lowest BCUT2D eigenvalue weighted by Crippen LogP contribution is -2.11. The SMILES string of the molecule is CCOc1ccc(C(=O)Nc2ccc3nc(NS(C)(=O)=O)sc3c2)cc1. The molecule has 26 heavy (non-hydrogen) atoms. The van der Waals surface area contributed by atoms with Crippen LogP contribution in [0.25, 0.3) is 10.2 Å². The maximum atomic E-state index is 12.4. The van der Waals surface area contributed by atoms with Gasteiger partial charge < -0.3 is 10.1 Å². The fourth-order valence-electron chi connectivity index (χ4n) is 2.28. The summed E-state index contributed by atoms with van der Waals surface area (Å²) in [5.41, 5.74) is 1.77. The van der Waals surface area contributed by atoms with Crippen LogP contribution in [0, 0.1) is 0 Å². The first-order valence-electron chi connectivity index (χ1n) is 7.76. The van der Waals surface area contributed by atoms with Crippen molar-refractivity contribution in [2.45, 2.75) is 6.92 Å². The van der Waals surface area contributed by atoms with Crippen LogP contribution in [-0.4, -0.2) is 32.2 Å². The Bertz CT molecular complexity index is 1040. The van der Waals surface area contributed by atoms with Crippen molar-refractivity contribution in [3.8, 4) is 5.75 Å². The lowest BCUT2D eigenvalue weighted by Gasteiger charge is -2.07. The average Bonchev–Trinajstić information content (AvgIpc) is 2.95. The number of ether oxygens (including phenoxy) is 1. The van der Waals surface area contributed by atoms with Crippen LogP contribution in [0.15, 0.2) is 42.5 Å². The fraction of sp³-hybridized carbons (Fsp3) is 0.176. The number of nitrogens with one attached hydrogen (secondary N) is 2. The van der Waals surface area contributed by atoms with E-state index in [0.717, 1.165) is 11.0 Å². The van der Waals surface area contributed by atoms with E-state index in [4.69, 9.17) is 4.74 Å². The molecule has 9 heteroatoms. The van der Waals surface area contributed by atoms with Crippen LogP contribution in [0.2, 0.25) is 0 Å². The minimum atomic E-state index is -3.38. The van der Waals surface area contributed by atoms with Gasteiger partial charge in [-0.15, -0.1) is 0 Å². The minimum Gasteiger partial charge on any atom is -0.494 e. The van der Waals surface area contributed by atoms with Gasteiger partial charge in [0, 0.05) is 11.3 Å². The van der Waals surface area contributed by atoms with Crippen molar-refractivity contribution < 1.29 is 17.9 Å². The number of aromatic nitrogens is 1. The number of amides is 1. The smallest absolute Gasteiger partial charge is 0.255 e. The van der Waals surface area contributed by atoms with Crippen LogP contribution in [0.1, 0.15) is 17.3 Å². The number of thiazole rings is 1. The van der Waals surface area contributed by atoms with Crippen molar-refractivity contribution in [2.75, 3.05) is 22.9 Å². The van der Waals surface area contributed by atoms with Crippen molar-refractivity contribution in [1.29, 1.82) is 0 Å². The normalized spacial score (nSPS) is 11.3. The van der Waals surface area contributed by atoms with Crippen LogP contribution in [0.3, 0.4) is 0 Å². The van der Waals surface area contributed by atoms with Gasteiger partial charge in [0.05, 0.1) is 23.1 Å². The highest BCUT2D eigenvalue weighted by atomic mass is 32.2. The van der Waals surface area contributed by atoms with Crippen molar-refractivity contribution in [3.05, 3.63) is 48.0 Å². The quantitative estimate of drug-likeness (QED) is 0.672. The number of hydrogen-bond acceptors (Lipinski definition) is 6. The Labute approximate surface area is 155 Å². The molecule has 0 radical (unpaired) electrons. The number of hydrogen-bond donors (Lipinski definition) is 2. The molecule has 1 heterocycles. The Morgan fingerprint density at radius 2 is 1.92 bits per heavy atom. The second-order valence-corrected chi connectivity index (χ2v) is 8.27. The highest BCUT2D eigenvalue weighted by Gasteiger charge is 2.11. The molecular weight excluding hydrogens is 374 g/mol. The van der Waals surface area contributed by atoms with E-state index in [1.807, 2.05) is 6.92 Å². The standard InChI is InChI=1S/C17H17N3O4S2/c1-3-24-13-7-4-11(5-8-13)16(21)18-12-6-9-14-15(10-12)25-17(19-14)20-26(2,22)23/h4-10H,3H2,1-2H3,(H,18,21)(H,19,20). The first-order valence-corrected chi connectivity index (χ1v) is 10.5. The van der Waals surface area contributed by atoms with E-state index in [0.29, 0.717) is 29.1 Å². The summed E-state index contributed by atoms with van der Waals surface area (Å²) in [5.74, 6) is 0.465. The highest BCUT2D eigenvalue weighted by molar-refractivity contribution is 7.92. The number of rotatable bonds is 6. The van der Waals surface area contributed by atoms with Crippen LogP contribution in [0.4, 0.5) is 10.8 Å². The molecule has 3 rings (SSSR count). The predicted octanol–water partition coefficient (Wildman–Crippen LogP) is 3.32. The summed E-state index contributed by atoms with van der Waals surface area (Å²) in [4.78, 5) is 16.6. The summed E-state index contributed by atoms with van der Waals surface area (Å²) < 4.78 is 31.1. The molecule has 0 bridgehead atoms. The van der Waals surface area contributed by atoms with Crippen molar-refractivity contribution >= 4 is 48.3 Å². The van der Waals surface area contributed by atoms with Gasteiger partial charge in [0.2, 0.25) is 10.0 Å². The molecule has 0 fully saturated rings. The Kier molecular flexibility index (Phi) is 5.10. The topological polar surface area (TPSA) is 97.4 Å². The minimum absolute atomic E-state index is 0.244. The molecule has 0 atom stereocenters. The van der Waals surface area contributed by atoms with E-state index < -0.39 is 10.0 Å². The molecule has 0 saturated heterocycles. The average molecular weight is 391 g/mol. The summed E-state index contributed by atoms with van der Waals surface area (Å²) in [5, 5.41) is 3.11. The summed E-state index contributed by atoms with van der Waals surface area (Å²) >= 11 is 1.20. The first-order chi connectivity index (χ1) is 12.3. The van der Waals surface area contributed by atoms with E-state index >= 15 is 0 Å². The third-order valence-electron chi connectivity index (χ3n) is 3.35. The lowest BCUT2D eigenvalue weighted by molar-refractivity contribution is 0.102. The number of anilines is 2. The molecule has 0 aliphatic carbocycles. The van der Waals surface area contributed by atoms with Crippen LogP contribution < -0.4 is 14.8 Å². The molecule has 2 aromatic carbocycles. The molecule has 0 saturated carbocycles. The molecule has 1 aromatic heterocycles. The Balaban J connectivity index is 1.76. The molecule has 0 aliphatic rings. The molecule has 136 valence electrons. The van der Waals surface area contributed by atoms with Crippen molar-refractivity contribution in [1.82, 2.24) is 4.98 Å². The number of fused-ring (bicyclic) bond motifs is 1. The summed E-state index contributed by atoms with van der Waals surface area (Å²) in [7, 11) is -3.38. The van der Waals surface area contributed by atoms with Gasteiger partial charge in [-0.2, -0.15) is 0 Å². The number of benzene rings is 2. The molecule has 3 aromatic rings. The van der Waals surface area contributed by atoms with Gasteiger partial charge in [0.1, 0.15) is 5.75 Å². The highest BCUT2D eigenvalue weighted by Crippen LogP contribution is 2.29. The van der Waals surface area contributed by atoms with Gasteiger partial charge in [0.15, 0.2) is 5.13 Å². The Morgan fingerprint density at radius 1 is 1.19 bits per heavy atom. The van der Waals surface area contributed by atoms with Gasteiger partial charge in [-0.3, -0.25) is 9.52 Å². The maximum Gasteiger partial charge on any atom is 0.255 e. The van der Waals surface area contributed by atoms with Gasteiger partial charge in [-0.1, -0.05) is 11.3 Å². The zero-order chi connectivity index (χ0) is 18.7. The molecule has 0 spiro atoms. The molecule has 0 unspecified atom stereocenters. The van der Waals surface area contributed by atoms with Gasteiger partial charge in [-0.05, 0) is 49.4 Å². The van der Waals surface area contributed by atoms with E-state index in [1.54, 1.807) is 42.5 Å². The first kappa shape index (κ1) is 18.2. The van der Waals surface area contributed by atoms with Gasteiger partial charge in [0.25, 0.3) is 5.91 Å². The second kappa shape index (κ2) is 7.30. The monoisotopic (exact) mass is 391 g/mol. The van der Waals surface area contributed by atoms with E-state index in [1.165, 1.54) is 11.3 Å². The molecule has 2 N–H and O–H groups in total. The fourth-order valence-corrected chi connectivity index (χ4v) is 4.02. The molecular formula is C17H17N3O4S2. The number of nitrogens with zero attached hydrogens (tertiary/aromatic N) is 1. The van der Waals surface area contributed by atoms with Crippen molar-refractivity contribution in [3.63, 3.8) is 0 Å². The number of carbonyl (C=O) groups is 1. The van der Waals surface area contributed by atoms with Gasteiger partial charge >= 0.3 is 0 Å². The summed E-state index contributed by atoms with van der Waals surface area (Å²) in [6, 6.07) is 12.1. The molecule has 7 nitrogen and oxygen atoms in total. The lowest BCUT2D eigenvalue weighted by atomic mass is 10.2.